The fourth-order valence-electron chi connectivity index (χ4n) is 10.2. The van der Waals surface area contributed by atoms with Crippen LogP contribution in [0, 0.1) is 0 Å². The first-order chi connectivity index (χ1) is 36.7. The smallest absolute Gasteiger partial charge is 0.160 e. The molecule has 0 bridgehead atoms. The van der Waals surface area contributed by atoms with Crippen LogP contribution in [0.1, 0.15) is 0 Å². The summed E-state index contributed by atoms with van der Waals surface area (Å²) in [6.07, 6.45) is 0. The normalized spacial score (nSPS) is 12.2. The van der Waals surface area contributed by atoms with Gasteiger partial charge < -0.3 is 19.3 Å². The quantitative estimate of drug-likeness (QED) is 0.149. The zero-order chi connectivity index (χ0) is 49.0. The summed E-state index contributed by atoms with van der Waals surface area (Å²) in [5.74, 6) is 4.25. The van der Waals surface area contributed by atoms with E-state index in [4.69, 9.17) is 29.4 Å². The number of ether oxygens (including phenoxy) is 2. The molecule has 0 saturated heterocycles. The predicted molar refractivity (Wildman–Crippen MR) is 297 cm³/mol. The fourth-order valence-corrected chi connectivity index (χ4v) is 10.2. The van der Waals surface area contributed by atoms with E-state index in [1.165, 1.54) is 0 Å². The molecule has 8 heteroatoms. The Morgan fingerprint density at radius 1 is 0.257 bits per heavy atom. The molecule has 0 amide bonds. The first-order valence-corrected chi connectivity index (χ1v) is 24.6. The van der Waals surface area contributed by atoms with E-state index in [1.54, 1.807) is 0 Å². The van der Waals surface area contributed by atoms with Gasteiger partial charge in [0.15, 0.2) is 34.6 Å². The molecule has 4 heterocycles. The lowest BCUT2D eigenvalue weighted by Crippen LogP contribution is -2.16. The number of fused-ring (bicyclic) bond motifs is 5. The van der Waals surface area contributed by atoms with Crippen LogP contribution in [0.2, 0.25) is 0 Å². The zero-order valence-electron chi connectivity index (χ0n) is 39.7. The molecule has 0 radical (unpaired) electrons. The lowest BCUT2D eigenvalue weighted by Gasteiger charge is -2.34. The van der Waals surface area contributed by atoms with Crippen LogP contribution >= 0.6 is 0 Å². The molecular formula is C66H42N6O2. The molecule has 2 aliphatic heterocycles. The lowest BCUT2D eigenvalue weighted by molar-refractivity contribution is 0.476. The van der Waals surface area contributed by atoms with E-state index in [1.807, 2.05) is 121 Å². The number of rotatable bonds is 8. The summed E-state index contributed by atoms with van der Waals surface area (Å²) in [7, 11) is 0. The summed E-state index contributed by atoms with van der Waals surface area (Å²) >= 11 is 0. The van der Waals surface area contributed by atoms with Gasteiger partial charge in [0.2, 0.25) is 0 Å². The van der Waals surface area contributed by atoms with Crippen molar-refractivity contribution < 1.29 is 9.47 Å². The van der Waals surface area contributed by atoms with Crippen molar-refractivity contribution in [3.63, 3.8) is 0 Å². The van der Waals surface area contributed by atoms with E-state index in [-0.39, 0.29) is 0 Å². The van der Waals surface area contributed by atoms with Crippen LogP contribution in [-0.4, -0.2) is 19.9 Å². The van der Waals surface area contributed by atoms with Crippen molar-refractivity contribution in [3.8, 4) is 90.8 Å². The molecule has 0 spiro atoms. The monoisotopic (exact) mass is 950 g/mol. The lowest BCUT2D eigenvalue weighted by atomic mass is 9.92. The Balaban J connectivity index is 1.14. The highest BCUT2D eigenvalue weighted by Crippen LogP contribution is 2.55. The van der Waals surface area contributed by atoms with E-state index in [0.717, 1.165) is 124 Å². The van der Waals surface area contributed by atoms with Gasteiger partial charge in [-0.1, -0.05) is 170 Å². The summed E-state index contributed by atoms with van der Waals surface area (Å²) < 4.78 is 13.2. The van der Waals surface area contributed by atoms with Gasteiger partial charge >= 0.3 is 0 Å². The molecule has 74 heavy (non-hydrogen) atoms. The Bertz CT molecular complexity index is 3620. The van der Waals surface area contributed by atoms with Crippen molar-refractivity contribution in [2.75, 3.05) is 9.80 Å². The van der Waals surface area contributed by atoms with Crippen LogP contribution < -0.4 is 19.3 Å². The Morgan fingerprint density at radius 2 is 0.541 bits per heavy atom. The highest BCUT2D eigenvalue weighted by atomic mass is 16.5. The number of anilines is 6. The average molecular weight is 951 g/mol. The molecule has 10 aromatic carbocycles. The second kappa shape index (κ2) is 17.9. The van der Waals surface area contributed by atoms with E-state index in [0.29, 0.717) is 11.6 Å². The van der Waals surface area contributed by atoms with Crippen LogP contribution in [0.5, 0.6) is 23.0 Å². The van der Waals surface area contributed by atoms with Gasteiger partial charge in [-0.15, -0.1) is 0 Å². The van der Waals surface area contributed by atoms with Crippen molar-refractivity contribution in [1.82, 2.24) is 19.9 Å². The van der Waals surface area contributed by atoms with Crippen molar-refractivity contribution in [2.24, 2.45) is 0 Å². The molecule has 348 valence electrons. The molecule has 8 nitrogen and oxygen atoms in total. The number of hydrogen-bond acceptors (Lipinski definition) is 8. The number of aromatic nitrogens is 4. The first kappa shape index (κ1) is 42.7. The van der Waals surface area contributed by atoms with Gasteiger partial charge in [-0.25, -0.2) is 19.9 Å². The predicted octanol–water partition coefficient (Wildman–Crippen LogP) is 17.6. The fraction of sp³-hybridized carbons (Fsp3) is 0. The van der Waals surface area contributed by atoms with Gasteiger partial charge in [-0.3, -0.25) is 0 Å². The number of hydrogen-bond donors (Lipinski definition) is 0. The SMILES string of the molecule is c1ccc(-c2cc(-c3cc(N4c5ccccc5Oc5ccccc54)cc4c(-c5cc(-c6ccccc6)nc(-c6ccccc6)n5)cc(N5c6ccccc6Oc6ccccc65)cc34)nc(-c3ccccc3)n2)cc1. The van der Waals surface area contributed by atoms with Crippen molar-refractivity contribution >= 4 is 44.9 Å². The van der Waals surface area contributed by atoms with E-state index >= 15 is 0 Å². The van der Waals surface area contributed by atoms with E-state index in [2.05, 4.69) is 143 Å². The zero-order valence-corrected chi connectivity index (χ0v) is 39.7. The second-order valence-electron chi connectivity index (χ2n) is 18.2. The van der Waals surface area contributed by atoms with E-state index in [9.17, 15) is 0 Å². The minimum absolute atomic E-state index is 0.616. The maximum Gasteiger partial charge on any atom is 0.160 e. The van der Waals surface area contributed by atoms with Gasteiger partial charge in [0, 0.05) is 44.8 Å². The first-order valence-electron chi connectivity index (χ1n) is 24.6. The van der Waals surface area contributed by atoms with Crippen LogP contribution in [0.15, 0.2) is 255 Å². The van der Waals surface area contributed by atoms with Crippen LogP contribution in [0.3, 0.4) is 0 Å². The average Bonchev–Trinajstić information content (AvgIpc) is 3.48. The largest absolute Gasteiger partial charge is 0.453 e. The Morgan fingerprint density at radius 3 is 0.878 bits per heavy atom. The molecule has 0 atom stereocenters. The van der Waals surface area contributed by atoms with E-state index < -0.39 is 0 Å². The summed E-state index contributed by atoms with van der Waals surface area (Å²) in [4.78, 5) is 26.2. The molecule has 2 aromatic heterocycles. The Kier molecular flexibility index (Phi) is 10.3. The molecule has 0 unspecified atom stereocenters. The van der Waals surface area contributed by atoms with Crippen molar-refractivity contribution in [2.45, 2.75) is 0 Å². The van der Waals surface area contributed by atoms with Gasteiger partial charge in [0.1, 0.15) is 0 Å². The summed E-state index contributed by atoms with van der Waals surface area (Å²) in [5, 5.41) is 1.91. The van der Waals surface area contributed by atoms with Crippen LogP contribution in [0.4, 0.5) is 34.1 Å². The highest BCUT2D eigenvalue weighted by molar-refractivity contribution is 6.10. The van der Waals surface area contributed by atoms with Crippen LogP contribution in [-0.2, 0) is 0 Å². The number of benzene rings is 10. The summed E-state index contributed by atoms with van der Waals surface area (Å²) in [6, 6.07) is 87.3. The third-order valence-electron chi connectivity index (χ3n) is 13.6. The van der Waals surface area contributed by atoms with Crippen molar-refractivity contribution in [1.29, 1.82) is 0 Å². The number of para-hydroxylation sites is 8. The van der Waals surface area contributed by atoms with Gasteiger partial charge in [0.25, 0.3) is 0 Å². The molecule has 14 rings (SSSR count). The third-order valence-corrected chi connectivity index (χ3v) is 13.6. The topological polar surface area (TPSA) is 76.5 Å². The minimum atomic E-state index is 0.616. The minimum Gasteiger partial charge on any atom is -0.453 e. The molecule has 0 fully saturated rings. The van der Waals surface area contributed by atoms with Crippen LogP contribution in [0.25, 0.3) is 78.6 Å². The molecule has 0 saturated carbocycles. The molecule has 12 aromatic rings. The number of nitrogens with zero attached hydrogens (tertiary/aromatic N) is 6. The standard InChI is InChI=1S/C66H42N6O2/c1-5-21-43(22-6-1)53-41-55(69-65(67-53)45-25-9-3-10-26-45)51-39-47(71-57-29-13-17-33-61(57)73-62-34-18-14-30-58(62)71)38-50-49(51)37-48(72-59-31-15-19-35-63(59)74-64-36-20-16-32-60(64)72)40-52(50)56-42-54(44-23-7-2-8-24-44)68-66(70-56)46-27-11-4-12-28-46/h1-42H. The maximum absolute atomic E-state index is 6.61. The third kappa shape index (κ3) is 7.57. The molecule has 0 aliphatic carbocycles. The molecular weight excluding hydrogens is 909 g/mol. The summed E-state index contributed by atoms with van der Waals surface area (Å²) in [5.41, 5.74) is 14.2. The summed E-state index contributed by atoms with van der Waals surface area (Å²) in [6.45, 7) is 0. The van der Waals surface area contributed by atoms with Gasteiger partial charge in [-0.05, 0) is 95.7 Å². The Hall–Kier alpha value is -10.2. The van der Waals surface area contributed by atoms with Crippen molar-refractivity contribution in [3.05, 3.63) is 255 Å². The second-order valence-corrected chi connectivity index (χ2v) is 18.2. The maximum atomic E-state index is 6.61. The highest BCUT2D eigenvalue weighted by Gasteiger charge is 2.30. The van der Waals surface area contributed by atoms with Gasteiger partial charge in [-0.2, -0.15) is 0 Å². The Labute approximate surface area is 427 Å². The molecule has 0 N–H and O–H groups in total. The van der Waals surface area contributed by atoms with Gasteiger partial charge in [0.05, 0.1) is 45.5 Å². The molecule has 2 aliphatic rings.